The van der Waals surface area contributed by atoms with Crippen LogP contribution in [0.5, 0.6) is 0 Å². The minimum absolute atomic E-state index is 0.558. The van der Waals surface area contributed by atoms with Gasteiger partial charge >= 0.3 is 6.09 Å². The summed E-state index contributed by atoms with van der Waals surface area (Å²) in [5, 5.41) is 12.7. The number of amides is 1. The zero-order chi connectivity index (χ0) is 17.6. The van der Waals surface area contributed by atoms with Crippen LogP contribution in [0.1, 0.15) is 43.4 Å². The largest absolute Gasteiger partial charge is 0.465 e. The van der Waals surface area contributed by atoms with Crippen LogP contribution in [0.25, 0.3) is 0 Å². The molecular weight excluding hydrogens is 316 g/mol. The average Bonchev–Trinajstić information content (AvgIpc) is 3.08. The normalized spacial score (nSPS) is 20.7. The Morgan fingerprint density at radius 2 is 2.20 bits per heavy atom. The van der Waals surface area contributed by atoms with Gasteiger partial charge in [-0.25, -0.2) is 9.78 Å². The van der Waals surface area contributed by atoms with Gasteiger partial charge in [-0.05, 0) is 70.3 Å². The number of rotatable bonds is 7. The van der Waals surface area contributed by atoms with Gasteiger partial charge in [0.25, 0.3) is 0 Å². The second kappa shape index (κ2) is 8.63. The molecule has 0 unspecified atom stereocenters. The number of hydrogen-bond donors (Lipinski definition) is 2. The van der Waals surface area contributed by atoms with Crippen molar-refractivity contribution in [1.82, 2.24) is 15.2 Å². The number of anilines is 1. The molecule has 1 saturated heterocycles. The number of hydrogen-bond acceptors (Lipinski definition) is 4. The van der Waals surface area contributed by atoms with Gasteiger partial charge in [-0.15, -0.1) is 0 Å². The van der Waals surface area contributed by atoms with Crippen LogP contribution in [0.4, 0.5) is 10.6 Å². The fourth-order valence-electron chi connectivity index (χ4n) is 3.89. The third-order valence-corrected chi connectivity index (χ3v) is 5.42. The summed E-state index contributed by atoms with van der Waals surface area (Å²) in [5.74, 6) is 0.659. The number of nitrogens with zero attached hydrogens (tertiary/aromatic N) is 3. The summed E-state index contributed by atoms with van der Waals surface area (Å²) in [7, 11) is 2.05. The number of likely N-dealkylation sites (N-methyl/N-ethyl adjacent to an activating group) is 1. The number of aromatic nitrogens is 1. The Labute approximate surface area is 150 Å². The van der Waals surface area contributed by atoms with Gasteiger partial charge in [-0.1, -0.05) is 12.5 Å². The monoisotopic (exact) mass is 346 g/mol. The van der Waals surface area contributed by atoms with Gasteiger partial charge in [-0.2, -0.15) is 0 Å². The van der Waals surface area contributed by atoms with Crippen molar-refractivity contribution in [3.63, 3.8) is 0 Å². The lowest BCUT2D eigenvalue weighted by atomic mass is 10.0. The second-order valence-electron chi connectivity index (χ2n) is 7.21. The molecule has 0 radical (unpaired) electrons. The van der Waals surface area contributed by atoms with E-state index in [0.29, 0.717) is 18.4 Å². The number of aryl methyl sites for hydroxylation is 2. The zero-order valence-electron chi connectivity index (χ0n) is 15.2. The zero-order valence-corrected chi connectivity index (χ0v) is 15.2. The molecular formula is C19H30N4O2. The molecule has 0 saturated carbocycles. The minimum Gasteiger partial charge on any atom is -0.465 e. The fraction of sp³-hybridized carbons (Fsp3) is 0.684. The molecule has 2 aliphatic rings. The Kier molecular flexibility index (Phi) is 6.26. The first-order chi connectivity index (χ1) is 12.2. The highest BCUT2D eigenvalue weighted by atomic mass is 16.4. The Hall–Kier alpha value is -1.66. The minimum atomic E-state index is -0.893. The number of pyridine rings is 1. The standard InChI is InChI=1S/C19H30N4O2/c1-20-17-10-13-22(14-17)11-4-2-3-7-16-9-8-15-6-5-12-23(19(24)25)18(15)21-16/h8-9,17,20H,2-7,10-14H2,1H3,(H,24,25)/t17-/m0/s1. The first-order valence-corrected chi connectivity index (χ1v) is 9.56. The van der Waals surface area contributed by atoms with E-state index in [1.165, 1.54) is 43.8 Å². The first-order valence-electron chi connectivity index (χ1n) is 9.56. The molecule has 3 heterocycles. The van der Waals surface area contributed by atoms with Crippen LogP contribution in [-0.4, -0.2) is 60.4 Å². The lowest BCUT2D eigenvalue weighted by Crippen LogP contribution is -2.35. The summed E-state index contributed by atoms with van der Waals surface area (Å²) in [5.41, 5.74) is 2.08. The third-order valence-electron chi connectivity index (χ3n) is 5.42. The van der Waals surface area contributed by atoms with E-state index in [2.05, 4.69) is 27.3 Å². The van der Waals surface area contributed by atoms with Crippen molar-refractivity contribution >= 4 is 11.9 Å². The summed E-state index contributed by atoms with van der Waals surface area (Å²) in [6.07, 6.45) is 6.64. The van der Waals surface area contributed by atoms with Crippen molar-refractivity contribution in [1.29, 1.82) is 0 Å². The van der Waals surface area contributed by atoms with Gasteiger partial charge in [0.1, 0.15) is 5.82 Å². The number of unbranched alkanes of at least 4 members (excludes halogenated alkanes) is 2. The van der Waals surface area contributed by atoms with Crippen LogP contribution >= 0.6 is 0 Å². The molecule has 0 spiro atoms. The average molecular weight is 346 g/mol. The molecule has 1 fully saturated rings. The third kappa shape index (κ3) is 4.70. The van der Waals surface area contributed by atoms with E-state index in [9.17, 15) is 9.90 Å². The van der Waals surface area contributed by atoms with Crippen LogP contribution < -0.4 is 10.2 Å². The van der Waals surface area contributed by atoms with E-state index in [4.69, 9.17) is 0 Å². The SMILES string of the molecule is CN[C@H]1CCN(CCCCCc2ccc3c(n2)N(C(=O)O)CCC3)C1. The molecule has 3 rings (SSSR count). The van der Waals surface area contributed by atoms with Crippen molar-refractivity contribution in [3.05, 3.63) is 23.4 Å². The predicted octanol–water partition coefficient (Wildman–Crippen LogP) is 2.52. The molecule has 1 aromatic heterocycles. The number of likely N-dealkylation sites (tertiary alicyclic amines) is 1. The van der Waals surface area contributed by atoms with Crippen molar-refractivity contribution < 1.29 is 9.90 Å². The van der Waals surface area contributed by atoms with Crippen LogP contribution in [0.3, 0.4) is 0 Å². The summed E-state index contributed by atoms with van der Waals surface area (Å²) in [6.45, 7) is 4.13. The van der Waals surface area contributed by atoms with Gasteiger partial charge in [0, 0.05) is 24.8 Å². The fourth-order valence-corrected chi connectivity index (χ4v) is 3.89. The lowest BCUT2D eigenvalue weighted by molar-refractivity contribution is 0.201. The van der Waals surface area contributed by atoms with Crippen molar-refractivity contribution in [3.8, 4) is 0 Å². The molecule has 2 N–H and O–H groups in total. The predicted molar refractivity (Wildman–Crippen MR) is 99.4 cm³/mol. The van der Waals surface area contributed by atoms with E-state index >= 15 is 0 Å². The van der Waals surface area contributed by atoms with Crippen molar-refractivity contribution in [2.24, 2.45) is 0 Å². The van der Waals surface area contributed by atoms with E-state index in [-0.39, 0.29) is 0 Å². The summed E-state index contributed by atoms with van der Waals surface area (Å²) >= 11 is 0. The van der Waals surface area contributed by atoms with Crippen LogP contribution in [0, 0.1) is 0 Å². The van der Waals surface area contributed by atoms with Gasteiger partial charge in [0.15, 0.2) is 0 Å². The van der Waals surface area contributed by atoms with Crippen LogP contribution in [0.15, 0.2) is 12.1 Å². The van der Waals surface area contributed by atoms with Crippen LogP contribution in [0.2, 0.25) is 0 Å². The number of carboxylic acid groups (broad SMARTS) is 1. The Bertz CT molecular complexity index is 593. The van der Waals surface area contributed by atoms with E-state index in [1.54, 1.807) is 0 Å². The Morgan fingerprint density at radius 1 is 1.32 bits per heavy atom. The highest BCUT2D eigenvalue weighted by Crippen LogP contribution is 2.25. The van der Waals surface area contributed by atoms with E-state index in [0.717, 1.165) is 36.9 Å². The Morgan fingerprint density at radius 3 is 2.96 bits per heavy atom. The van der Waals surface area contributed by atoms with Gasteiger partial charge in [0.05, 0.1) is 0 Å². The number of nitrogens with one attached hydrogen (secondary N) is 1. The molecule has 138 valence electrons. The summed E-state index contributed by atoms with van der Waals surface area (Å²) in [4.78, 5) is 20.0. The van der Waals surface area contributed by atoms with Gasteiger partial charge < -0.3 is 15.3 Å². The number of fused-ring (bicyclic) bond motifs is 1. The molecule has 6 heteroatoms. The van der Waals surface area contributed by atoms with Crippen molar-refractivity contribution in [2.45, 2.75) is 51.0 Å². The van der Waals surface area contributed by atoms with Crippen LogP contribution in [-0.2, 0) is 12.8 Å². The molecule has 1 aromatic rings. The van der Waals surface area contributed by atoms with E-state index < -0.39 is 6.09 Å². The highest BCUT2D eigenvalue weighted by Gasteiger charge is 2.23. The second-order valence-corrected chi connectivity index (χ2v) is 7.21. The van der Waals surface area contributed by atoms with Gasteiger partial charge in [-0.3, -0.25) is 4.90 Å². The molecule has 0 aliphatic carbocycles. The molecule has 25 heavy (non-hydrogen) atoms. The Balaban J connectivity index is 1.43. The van der Waals surface area contributed by atoms with E-state index in [1.807, 2.05) is 7.05 Å². The maximum absolute atomic E-state index is 11.4. The lowest BCUT2D eigenvalue weighted by Gasteiger charge is -2.26. The van der Waals surface area contributed by atoms with Gasteiger partial charge in [0.2, 0.25) is 0 Å². The highest BCUT2D eigenvalue weighted by molar-refractivity contribution is 5.86. The number of carbonyl (C=O) groups is 1. The molecule has 0 aromatic carbocycles. The molecule has 6 nitrogen and oxygen atoms in total. The maximum Gasteiger partial charge on any atom is 0.413 e. The molecule has 1 amide bonds. The smallest absolute Gasteiger partial charge is 0.413 e. The molecule has 1 atom stereocenters. The molecule has 2 aliphatic heterocycles. The maximum atomic E-state index is 11.4. The summed E-state index contributed by atoms with van der Waals surface area (Å²) < 4.78 is 0. The first kappa shape index (κ1) is 18.1. The topological polar surface area (TPSA) is 68.7 Å². The molecule has 0 bridgehead atoms. The van der Waals surface area contributed by atoms with Crippen molar-refractivity contribution in [2.75, 3.05) is 38.1 Å². The summed E-state index contributed by atoms with van der Waals surface area (Å²) in [6, 6.07) is 4.80. The quantitative estimate of drug-likeness (QED) is 0.743.